The smallest absolute Gasteiger partial charge is 0.158 e. The molecule has 1 rings (SSSR count). The van der Waals surface area contributed by atoms with E-state index < -0.39 is 0 Å². The first-order valence-electron chi connectivity index (χ1n) is 4.01. The summed E-state index contributed by atoms with van der Waals surface area (Å²) in [4.78, 5) is 0. The third-order valence-corrected chi connectivity index (χ3v) is 1.94. The van der Waals surface area contributed by atoms with Crippen molar-refractivity contribution in [3.63, 3.8) is 0 Å². The second kappa shape index (κ2) is 3.37. The zero-order valence-electron chi connectivity index (χ0n) is 7.30. The van der Waals surface area contributed by atoms with E-state index in [1.54, 1.807) is 0 Å². The molecule has 0 saturated carbocycles. The lowest BCUT2D eigenvalue weighted by Gasteiger charge is -2.22. The normalized spacial score (nSPS) is 20.5. The number of allylic oxidation sites excluding steroid dienone is 1. The van der Waals surface area contributed by atoms with E-state index in [4.69, 9.17) is 9.47 Å². The summed E-state index contributed by atoms with van der Waals surface area (Å²) in [5, 5.41) is 0. The van der Waals surface area contributed by atoms with Gasteiger partial charge in [-0.15, -0.1) is 6.58 Å². The van der Waals surface area contributed by atoms with Crippen LogP contribution in [0.1, 0.15) is 20.3 Å². The van der Waals surface area contributed by atoms with Crippen molar-refractivity contribution in [2.75, 3.05) is 13.2 Å². The first-order valence-corrected chi connectivity index (χ1v) is 4.01. The van der Waals surface area contributed by atoms with Crippen LogP contribution in [0.2, 0.25) is 0 Å². The Morgan fingerprint density at radius 3 is 2.45 bits per heavy atom. The maximum Gasteiger partial charge on any atom is 0.158 e. The minimum Gasteiger partial charge on any atom is -0.350 e. The maximum atomic E-state index is 5.32. The predicted octanol–water partition coefficient (Wildman–Crippen LogP) is 1.96. The highest BCUT2D eigenvalue weighted by Gasteiger charge is 2.24. The fourth-order valence-corrected chi connectivity index (χ4v) is 1.04. The molecule has 0 aliphatic carbocycles. The van der Waals surface area contributed by atoms with Crippen molar-refractivity contribution in [1.82, 2.24) is 0 Å². The summed E-state index contributed by atoms with van der Waals surface area (Å²) in [5.41, 5.74) is 0.120. The quantitative estimate of drug-likeness (QED) is 0.581. The Hall–Kier alpha value is -0.340. The van der Waals surface area contributed by atoms with Crippen LogP contribution in [0.25, 0.3) is 0 Å². The van der Waals surface area contributed by atoms with Crippen LogP contribution in [-0.4, -0.2) is 19.5 Å². The zero-order valence-corrected chi connectivity index (χ0v) is 7.30. The summed E-state index contributed by atoms with van der Waals surface area (Å²) in [6, 6.07) is 0. The van der Waals surface area contributed by atoms with E-state index in [1.165, 1.54) is 0 Å². The predicted molar refractivity (Wildman–Crippen MR) is 44.3 cm³/mol. The van der Waals surface area contributed by atoms with E-state index in [9.17, 15) is 0 Å². The lowest BCUT2D eigenvalue weighted by Crippen LogP contribution is -2.18. The van der Waals surface area contributed by atoms with Gasteiger partial charge in [0.2, 0.25) is 0 Å². The SMILES string of the molecule is C=CC(C)(C)CC1OCCO1. The van der Waals surface area contributed by atoms with Crippen LogP contribution in [0.15, 0.2) is 12.7 Å². The third kappa shape index (κ3) is 2.64. The molecule has 1 saturated heterocycles. The van der Waals surface area contributed by atoms with E-state index in [2.05, 4.69) is 20.4 Å². The van der Waals surface area contributed by atoms with E-state index in [0.717, 1.165) is 19.6 Å². The van der Waals surface area contributed by atoms with Crippen LogP contribution in [0.3, 0.4) is 0 Å². The molecule has 0 amide bonds. The van der Waals surface area contributed by atoms with Gasteiger partial charge < -0.3 is 9.47 Å². The van der Waals surface area contributed by atoms with Gasteiger partial charge in [0, 0.05) is 6.42 Å². The van der Waals surface area contributed by atoms with Crippen molar-refractivity contribution in [2.24, 2.45) is 5.41 Å². The number of rotatable bonds is 3. The van der Waals surface area contributed by atoms with Crippen LogP contribution in [0.4, 0.5) is 0 Å². The molecule has 64 valence electrons. The molecule has 1 aliphatic heterocycles. The van der Waals surface area contributed by atoms with Crippen molar-refractivity contribution in [3.8, 4) is 0 Å². The third-order valence-electron chi connectivity index (χ3n) is 1.94. The first kappa shape index (κ1) is 8.75. The monoisotopic (exact) mass is 156 g/mol. The van der Waals surface area contributed by atoms with Gasteiger partial charge in [-0.3, -0.25) is 0 Å². The summed E-state index contributed by atoms with van der Waals surface area (Å²) in [7, 11) is 0. The highest BCUT2D eigenvalue weighted by molar-refractivity contribution is 4.88. The van der Waals surface area contributed by atoms with E-state index in [1.807, 2.05) is 6.08 Å². The summed E-state index contributed by atoms with van der Waals surface area (Å²) in [5.74, 6) is 0. The minimum absolute atomic E-state index is 0.0111. The molecule has 1 aliphatic rings. The maximum absolute atomic E-state index is 5.32. The van der Waals surface area contributed by atoms with Gasteiger partial charge in [-0.1, -0.05) is 19.9 Å². The van der Waals surface area contributed by atoms with Crippen LogP contribution in [0, 0.1) is 5.41 Å². The molecule has 0 N–H and O–H groups in total. The molecule has 1 fully saturated rings. The molecule has 11 heavy (non-hydrogen) atoms. The van der Waals surface area contributed by atoms with E-state index in [-0.39, 0.29) is 11.7 Å². The Kier molecular flexibility index (Phi) is 2.68. The molecular weight excluding hydrogens is 140 g/mol. The molecule has 0 bridgehead atoms. The summed E-state index contributed by atoms with van der Waals surface area (Å²) in [6.45, 7) is 9.49. The standard InChI is InChI=1S/C9H16O2/c1-4-9(2,3)7-8-10-5-6-11-8/h4,8H,1,5-7H2,2-3H3. The molecule has 0 aromatic carbocycles. The molecule has 0 atom stereocenters. The van der Waals surface area contributed by atoms with Gasteiger partial charge >= 0.3 is 0 Å². The van der Waals surface area contributed by atoms with Crippen LogP contribution in [0.5, 0.6) is 0 Å². The van der Waals surface area contributed by atoms with Gasteiger partial charge in [0.15, 0.2) is 6.29 Å². The van der Waals surface area contributed by atoms with E-state index in [0.29, 0.717) is 0 Å². The molecule has 0 aromatic rings. The van der Waals surface area contributed by atoms with Crippen molar-refractivity contribution >= 4 is 0 Å². The summed E-state index contributed by atoms with van der Waals surface area (Å²) in [6.07, 6.45) is 2.83. The molecular formula is C9H16O2. The van der Waals surface area contributed by atoms with Crippen LogP contribution in [-0.2, 0) is 9.47 Å². The highest BCUT2D eigenvalue weighted by atomic mass is 16.7. The van der Waals surface area contributed by atoms with Crippen molar-refractivity contribution < 1.29 is 9.47 Å². The Morgan fingerprint density at radius 1 is 1.45 bits per heavy atom. The number of hydrogen-bond donors (Lipinski definition) is 0. The second-order valence-corrected chi connectivity index (χ2v) is 3.57. The minimum atomic E-state index is -0.0111. The Bertz CT molecular complexity index is 134. The van der Waals surface area contributed by atoms with Crippen molar-refractivity contribution in [3.05, 3.63) is 12.7 Å². The molecule has 2 nitrogen and oxygen atoms in total. The molecule has 1 heterocycles. The lowest BCUT2D eigenvalue weighted by atomic mass is 9.89. The molecule has 0 spiro atoms. The molecule has 0 aromatic heterocycles. The Balaban J connectivity index is 2.33. The summed E-state index contributed by atoms with van der Waals surface area (Å²) < 4.78 is 10.6. The fourth-order valence-electron chi connectivity index (χ4n) is 1.04. The van der Waals surface area contributed by atoms with Crippen LogP contribution < -0.4 is 0 Å². The van der Waals surface area contributed by atoms with Gasteiger partial charge in [-0.25, -0.2) is 0 Å². The average Bonchev–Trinajstić information content (AvgIpc) is 2.39. The molecule has 0 unspecified atom stereocenters. The van der Waals surface area contributed by atoms with Crippen LogP contribution >= 0.6 is 0 Å². The van der Waals surface area contributed by atoms with Gasteiger partial charge in [-0.05, 0) is 5.41 Å². The second-order valence-electron chi connectivity index (χ2n) is 3.57. The van der Waals surface area contributed by atoms with Gasteiger partial charge in [0.25, 0.3) is 0 Å². The van der Waals surface area contributed by atoms with Gasteiger partial charge in [0.1, 0.15) is 0 Å². The summed E-state index contributed by atoms with van der Waals surface area (Å²) >= 11 is 0. The Labute approximate surface area is 68.2 Å². The largest absolute Gasteiger partial charge is 0.350 e. The topological polar surface area (TPSA) is 18.5 Å². The lowest BCUT2D eigenvalue weighted by molar-refractivity contribution is -0.0618. The zero-order chi connectivity index (χ0) is 8.32. The van der Waals surface area contributed by atoms with Crippen molar-refractivity contribution in [1.29, 1.82) is 0 Å². The van der Waals surface area contributed by atoms with E-state index >= 15 is 0 Å². The Morgan fingerprint density at radius 2 is 2.00 bits per heavy atom. The fraction of sp³-hybridized carbons (Fsp3) is 0.778. The molecule has 2 heteroatoms. The van der Waals surface area contributed by atoms with Gasteiger partial charge in [-0.2, -0.15) is 0 Å². The number of hydrogen-bond acceptors (Lipinski definition) is 2. The molecule has 0 radical (unpaired) electrons. The number of ether oxygens (including phenoxy) is 2. The van der Waals surface area contributed by atoms with Crippen molar-refractivity contribution in [2.45, 2.75) is 26.6 Å². The van der Waals surface area contributed by atoms with Gasteiger partial charge in [0.05, 0.1) is 13.2 Å². The highest BCUT2D eigenvalue weighted by Crippen LogP contribution is 2.26. The first-order chi connectivity index (χ1) is 5.14. The average molecular weight is 156 g/mol.